The second-order valence-electron chi connectivity index (χ2n) is 16.4. The van der Waals surface area contributed by atoms with E-state index < -0.39 is 21.6 Å². The van der Waals surface area contributed by atoms with E-state index in [4.69, 9.17) is 64.6 Å². The van der Waals surface area contributed by atoms with Crippen molar-refractivity contribution in [1.29, 1.82) is 0 Å². The number of methoxy groups -OCH3 is 2. The van der Waals surface area contributed by atoms with Crippen LogP contribution < -0.4 is 39.9 Å². The van der Waals surface area contributed by atoms with Crippen LogP contribution >= 0.6 is 23.2 Å². The van der Waals surface area contributed by atoms with Gasteiger partial charge in [-0.3, -0.25) is 4.18 Å². The number of hydrogen-bond acceptors (Lipinski definition) is 15. The molecule has 0 aliphatic rings. The van der Waals surface area contributed by atoms with Crippen molar-refractivity contribution >= 4 is 33.3 Å². The highest BCUT2D eigenvalue weighted by atomic mass is 35.5. The molecule has 2 aromatic heterocycles. The predicted molar refractivity (Wildman–Crippen MR) is 283 cm³/mol. The van der Waals surface area contributed by atoms with E-state index in [2.05, 4.69) is 15.3 Å². The summed E-state index contributed by atoms with van der Waals surface area (Å²) in [7, 11) is -0.362. The van der Waals surface area contributed by atoms with Crippen molar-refractivity contribution in [2.45, 2.75) is 73.7 Å². The van der Waals surface area contributed by atoms with Gasteiger partial charge in [0.15, 0.2) is 23.0 Å². The van der Waals surface area contributed by atoms with E-state index in [-0.39, 0.29) is 44.6 Å². The average molecular weight is 1070 g/mol. The first-order valence-corrected chi connectivity index (χ1v) is 25.1. The highest BCUT2D eigenvalue weighted by Gasteiger charge is 2.16. The number of ether oxygens (including phenoxy) is 6. The molecular formula is C54H58Cl2N4O13S. The topological polar surface area (TPSA) is 206 Å². The predicted octanol–water partition coefficient (Wildman–Crippen LogP) is 11.4. The van der Waals surface area contributed by atoms with Crippen LogP contribution in [0.4, 0.5) is 0 Å². The molecule has 0 saturated carbocycles. The minimum atomic E-state index is -3.47. The van der Waals surface area contributed by atoms with Crippen LogP contribution in [0.15, 0.2) is 152 Å². The summed E-state index contributed by atoms with van der Waals surface area (Å²) in [6.45, 7) is 8.69. The number of rotatable bonds is 19. The van der Waals surface area contributed by atoms with Crippen LogP contribution in [0.3, 0.4) is 0 Å². The van der Waals surface area contributed by atoms with Gasteiger partial charge in [0.2, 0.25) is 11.8 Å². The third-order valence-electron chi connectivity index (χ3n) is 9.83. The summed E-state index contributed by atoms with van der Waals surface area (Å²) >= 11 is 12.4. The van der Waals surface area contributed by atoms with Gasteiger partial charge in [0.25, 0.3) is 10.1 Å². The molecule has 0 amide bonds. The first kappa shape index (κ1) is 57.4. The van der Waals surface area contributed by atoms with Crippen LogP contribution in [0.25, 0.3) is 22.9 Å². The summed E-state index contributed by atoms with van der Waals surface area (Å²) in [4.78, 5) is 23.2. The number of benzene rings is 6. The van der Waals surface area contributed by atoms with Gasteiger partial charge in [-0.25, -0.2) is 14.7 Å². The van der Waals surface area contributed by atoms with Crippen molar-refractivity contribution in [3.63, 3.8) is 0 Å². The molecule has 2 heterocycles. The Morgan fingerprint density at radius 1 is 0.581 bits per heavy atom. The zero-order chi connectivity index (χ0) is 52.5. The fourth-order valence-corrected chi connectivity index (χ4v) is 7.31. The standard InChI is InChI=1S/C26H25ClN2O5.C16H18O5S.C11H11ClN2O3.CH4/c1-17(2)33-22-12-10-20(14-21(22)27)25-28-29(26(30)34-25)15-19-9-11-23(24(13-19)31-3)32-16-18-7-5-4-6-8-18;1-19-16-10-14(12-21-22(2,17)18)8-9-15(16)20-11-13-6-4-3-5-7-13;1-6(2)16-9-4-3-7(5-8(9)12)10-13-14-11(15)17-10;/h4-14,17H,15-16H2,1-3H3;3-10H,11-12H2,1-2H3;3-6H,1-2H3,(H,14,15);1H4. The summed E-state index contributed by atoms with van der Waals surface area (Å²) in [6.07, 6.45) is 1.05. The summed E-state index contributed by atoms with van der Waals surface area (Å²) in [6, 6.07) is 40.6. The quantitative estimate of drug-likeness (QED) is 0.0748. The average Bonchev–Trinajstić information content (AvgIpc) is 3.98. The maximum Gasteiger partial charge on any atom is 0.437 e. The first-order valence-electron chi connectivity index (χ1n) is 22.5. The lowest BCUT2D eigenvalue weighted by Crippen LogP contribution is -2.16. The Hall–Kier alpha value is -7.51. The molecule has 6 aromatic carbocycles. The van der Waals surface area contributed by atoms with Gasteiger partial charge < -0.3 is 37.3 Å². The normalized spacial score (nSPS) is 10.9. The largest absolute Gasteiger partial charge is 0.493 e. The van der Waals surface area contributed by atoms with Crippen LogP contribution in [0.1, 0.15) is 57.4 Å². The molecule has 0 bridgehead atoms. The van der Waals surface area contributed by atoms with Crippen molar-refractivity contribution in [2.75, 3.05) is 20.5 Å². The number of nitrogens with one attached hydrogen (secondary N) is 1. The number of aromatic amines is 1. The molecule has 1 N–H and O–H groups in total. The molecule has 0 aliphatic carbocycles. The van der Waals surface area contributed by atoms with Gasteiger partial charge in [-0.2, -0.15) is 13.1 Å². The zero-order valence-electron chi connectivity index (χ0n) is 41.0. The Morgan fingerprint density at radius 3 is 1.50 bits per heavy atom. The van der Waals surface area contributed by atoms with E-state index in [1.807, 2.05) is 107 Å². The number of aromatic nitrogens is 4. The third kappa shape index (κ3) is 17.6. The van der Waals surface area contributed by atoms with E-state index in [0.29, 0.717) is 74.4 Å². The zero-order valence-corrected chi connectivity index (χ0v) is 43.3. The molecule has 0 aliphatic heterocycles. The van der Waals surface area contributed by atoms with E-state index in [1.54, 1.807) is 61.7 Å². The smallest absolute Gasteiger partial charge is 0.437 e. The van der Waals surface area contributed by atoms with Gasteiger partial charge in [-0.1, -0.05) is 103 Å². The van der Waals surface area contributed by atoms with Gasteiger partial charge >= 0.3 is 11.5 Å². The van der Waals surface area contributed by atoms with E-state index in [9.17, 15) is 18.0 Å². The van der Waals surface area contributed by atoms with Crippen molar-refractivity contribution < 1.29 is 49.9 Å². The van der Waals surface area contributed by atoms with Crippen LogP contribution in [-0.2, 0) is 40.7 Å². The Balaban J connectivity index is 0.000000219. The lowest BCUT2D eigenvalue weighted by molar-refractivity contribution is 0.242. The molecule has 17 nitrogen and oxygen atoms in total. The summed E-state index contributed by atoms with van der Waals surface area (Å²) in [5.41, 5.74) is 4.80. The molecule has 8 rings (SSSR count). The Morgan fingerprint density at radius 2 is 1.05 bits per heavy atom. The Labute approximate surface area is 439 Å². The van der Waals surface area contributed by atoms with E-state index >= 15 is 0 Å². The SMILES string of the molecule is C.CC(C)Oc1ccc(-c2n[nH]c(=O)o2)cc1Cl.COc1cc(COS(C)(=O)=O)ccc1OCc1ccccc1.COc1cc(Cn2nc(-c3ccc(OC(C)C)c(Cl)c3)oc2=O)ccc1OCc1ccccc1. The maximum absolute atomic E-state index is 12.4. The monoisotopic (exact) mass is 1070 g/mol. The maximum atomic E-state index is 12.4. The molecule has 0 saturated heterocycles. The first-order chi connectivity index (χ1) is 35.0. The fourth-order valence-electron chi connectivity index (χ4n) is 6.51. The number of nitrogens with zero attached hydrogens (tertiary/aromatic N) is 3. The second-order valence-corrected chi connectivity index (χ2v) is 18.8. The minimum absolute atomic E-state index is 0. The lowest BCUT2D eigenvalue weighted by atomic mass is 10.2. The molecule has 392 valence electrons. The number of H-pyrrole nitrogens is 1. The van der Waals surface area contributed by atoms with Gasteiger partial charge in [-0.15, -0.1) is 10.2 Å². The summed E-state index contributed by atoms with van der Waals surface area (Å²) in [5, 5.41) is 11.1. The Kier molecular flexibility index (Phi) is 21.3. The molecule has 0 fully saturated rings. The third-order valence-corrected chi connectivity index (χ3v) is 11.0. The fraction of sp³-hybridized carbons (Fsp3) is 0.259. The molecular weight excluding hydrogens is 1020 g/mol. The summed E-state index contributed by atoms with van der Waals surface area (Å²) in [5.74, 6) is 2.66. The number of hydrogen-bond donors (Lipinski definition) is 1. The van der Waals surface area contributed by atoms with E-state index in [1.165, 1.54) is 11.8 Å². The van der Waals surface area contributed by atoms with Crippen LogP contribution in [0, 0.1) is 0 Å². The second kappa shape index (κ2) is 27.5. The molecule has 0 unspecified atom stereocenters. The van der Waals surface area contributed by atoms with Gasteiger partial charge in [0.1, 0.15) is 24.7 Å². The molecule has 0 spiro atoms. The highest BCUT2D eigenvalue weighted by Crippen LogP contribution is 2.33. The van der Waals surface area contributed by atoms with Crippen LogP contribution in [0.5, 0.6) is 34.5 Å². The van der Waals surface area contributed by atoms with Crippen molar-refractivity contribution in [3.8, 4) is 57.4 Å². The summed E-state index contributed by atoms with van der Waals surface area (Å²) < 4.78 is 71.7. The minimum Gasteiger partial charge on any atom is -0.493 e. The molecule has 74 heavy (non-hydrogen) atoms. The molecule has 0 radical (unpaired) electrons. The van der Waals surface area contributed by atoms with Crippen LogP contribution in [-0.4, -0.2) is 61.1 Å². The van der Waals surface area contributed by atoms with Gasteiger partial charge in [0, 0.05) is 11.1 Å². The highest BCUT2D eigenvalue weighted by molar-refractivity contribution is 7.85. The van der Waals surface area contributed by atoms with Gasteiger partial charge in [0.05, 0.1) is 55.9 Å². The van der Waals surface area contributed by atoms with Crippen molar-refractivity contribution in [1.82, 2.24) is 20.0 Å². The van der Waals surface area contributed by atoms with Crippen molar-refractivity contribution in [3.05, 3.63) is 187 Å². The van der Waals surface area contributed by atoms with Crippen LogP contribution in [0.2, 0.25) is 10.0 Å². The molecule has 20 heteroatoms. The lowest BCUT2D eigenvalue weighted by Gasteiger charge is -2.12. The van der Waals surface area contributed by atoms with Gasteiger partial charge in [-0.05, 0) is 111 Å². The number of halogens is 2. The molecule has 8 aromatic rings. The molecule has 0 atom stereocenters. The van der Waals surface area contributed by atoms with E-state index in [0.717, 1.165) is 22.9 Å². The van der Waals surface area contributed by atoms with Crippen molar-refractivity contribution in [2.24, 2.45) is 0 Å². The Bertz CT molecular complexity index is 3270.